The molecular formula is C13H8Cl3N5O2S. The molecule has 0 amide bonds. The first-order chi connectivity index (χ1) is 11.4. The third kappa shape index (κ3) is 3.46. The summed E-state index contributed by atoms with van der Waals surface area (Å²) >= 11 is 17.6. The van der Waals surface area contributed by atoms with Crippen LogP contribution < -0.4 is 4.72 Å². The highest BCUT2D eigenvalue weighted by atomic mass is 35.5. The Morgan fingerprint density at radius 3 is 2.46 bits per heavy atom. The molecule has 2 aromatic heterocycles. The predicted molar refractivity (Wildman–Crippen MR) is 91.4 cm³/mol. The summed E-state index contributed by atoms with van der Waals surface area (Å²) in [5, 5.41) is 0.175. The Labute approximate surface area is 152 Å². The van der Waals surface area contributed by atoms with E-state index in [0.717, 1.165) is 0 Å². The van der Waals surface area contributed by atoms with Gasteiger partial charge in [-0.1, -0.05) is 34.8 Å². The summed E-state index contributed by atoms with van der Waals surface area (Å²) in [6.45, 7) is 0. The number of rotatable bonds is 4. The molecule has 0 fully saturated rings. The summed E-state index contributed by atoms with van der Waals surface area (Å²) in [5.41, 5.74) is 0. The molecule has 24 heavy (non-hydrogen) atoms. The van der Waals surface area contributed by atoms with E-state index in [4.69, 9.17) is 34.8 Å². The van der Waals surface area contributed by atoms with Gasteiger partial charge >= 0.3 is 0 Å². The number of sulfonamides is 1. The molecule has 7 nitrogen and oxygen atoms in total. The third-order valence-electron chi connectivity index (χ3n) is 2.92. The van der Waals surface area contributed by atoms with E-state index in [1.54, 1.807) is 17.0 Å². The van der Waals surface area contributed by atoms with Crippen molar-refractivity contribution in [1.82, 2.24) is 19.5 Å². The standard InChI is InChI=1S/C13H8Cl3N5O2S/c14-8-3-10(16)11(4-9(8)15)24(22,23)20-12-5-13(19-6-18-12)21-2-1-17-7-21/h1-7H,(H,18,19,20). The Balaban J connectivity index is 1.96. The number of aromatic nitrogens is 4. The minimum Gasteiger partial charge on any atom is -0.290 e. The topological polar surface area (TPSA) is 89.8 Å². The Morgan fingerprint density at radius 1 is 1.00 bits per heavy atom. The minimum absolute atomic E-state index is 0.0548. The van der Waals surface area contributed by atoms with Crippen molar-refractivity contribution in [2.45, 2.75) is 4.90 Å². The second-order valence-electron chi connectivity index (χ2n) is 4.53. The van der Waals surface area contributed by atoms with Gasteiger partial charge in [-0.15, -0.1) is 0 Å². The lowest BCUT2D eigenvalue weighted by atomic mass is 10.4. The van der Waals surface area contributed by atoms with Gasteiger partial charge in [-0.3, -0.25) is 9.29 Å². The van der Waals surface area contributed by atoms with E-state index in [0.29, 0.717) is 5.82 Å². The molecule has 2 heterocycles. The first kappa shape index (κ1) is 17.0. The van der Waals surface area contributed by atoms with Crippen molar-refractivity contribution in [3.63, 3.8) is 0 Å². The van der Waals surface area contributed by atoms with Gasteiger partial charge in [0.1, 0.15) is 29.2 Å². The molecular weight excluding hydrogens is 397 g/mol. The Bertz CT molecular complexity index is 993. The molecule has 1 N–H and O–H groups in total. The highest BCUT2D eigenvalue weighted by Crippen LogP contribution is 2.32. The van der Waals surface area contributed by atoms with Crippen molar-refractivity contribution in [2.75, 3.05) is 4.72 Å². The van der Waals surface area contributed by atoms with Crippen LogP contribution in [0.3, 0.4) is 0 Å². The monoisotopic (exact) mass is 403 g/mol. The molecule has 3 rings (SSSR count). The lowest BCUT2D eigenvalue weighted by Crippen LogP contribution is -2.15. The van der Waals surface area contributed by atoms with Gasteiger partial charge in [-0.25, -0.2) is 23.4 Å². The van der Waals surface area contributed by atoms with Gasteiger partial charge in [0, 0.05) is 18.5 Å². The van der Waals surface area contributed by atoms with Crippen LogP contribution >= 0.6 is 34.8 Å². The molecule has 124 valence electrons. The Kier molecular flexibility index (Phi) is 4.64. The van der Waals surface area contributed by atoms with Crippen LogP contribution in [0.4, 0.5) is 5.82 Å². The molecule has 0 radical (unpaired) electrons. The van der Waals surface area contributed by atoms with E-state index < -0.39 is 10.0 Å². The summed E-state index contributed by atoms with van der Waals surface area (Å²) in [4.78, 5) is 11.6. The summed E-state index contributed by atoms with van der Waals surface area (Å²) in [6, 6.07) is 3.88. The lowest BCUT2D eigenvalue weighted by Gasteiger charge is -2.10. The second kappa shape index (κ2) is 6.56. The molecule has 0 saturated carbocycles. The molecule has 0 atom stereocenters. The molecule has 3 aromatic rings. The van der Waals surface area contributed by atoms with E-state index in [9.17, 15) is 8.42 Å². The molecule has 11 heteroatoms. The molecule has 0 saturated heterocycles. The van der Waals surface area contributed by atoms with Crippen molar-refractivity contribution >= 4 is 50.6 Å². The van der Waals surface area contributed by atoms with Crippen molar-refractivity contribution in [2.24, 2.45) is 0 Å². The van der Waals surface area contributed by atoms with E-state index in [1.807, 2.05) is 0 Å². The zero-order valence-corrected chi connectivity index (χ0v) is 14.8. The Morgan fingerprint density at radius 2 is 1.75 bits per heavy atom. The van der Waals surface area contributed by atoms with E-state index in [-0.39, 0.29) is 25.8 Å². The van der Waals surface area contributed by atoms with Gasteiger partial charge in [-0.2, -0.15) is 0 Å². The quantitative estimate of drug-likeness (QED) is 0.673. The summed E-state index contributed by atoms with van der Waals surface area (Å²) in [5.74, 6) is 0.510. The fourth-order valence-electron chi connectivity index (χ4n) is 1.84. The minimum atomic E-state index is -4.01. The molecule has 0 bridgehead atoms. The number of hydrogen-bond donors (Lipinski definition) is 1. The molecule has 0 spiro atoms. The van der Waals surface area contributed by atoms with Crippen LogP contribution in [-0.4, -0.2) is 27.9 Å². The third-order valence-corrected chi connectivity index (χ3v) is 5.47. The number of benzene rings is 1. The van der Waals surface area contributed by atoms with Gasteiger partial charge in [0.2, 0.25) is 0 Å². The van der Waals surface area contributed by atoms with Gasteiger partial charge in [0.15, 0.2) is 0 Å². The average Bonchev–Trinajstić information content (AvgIpc) is 3.05. The van der Waals surface area contributed by atoms with Crippen LogP contribution in [-0.2, 0) is 10.0 Å². The predicted octanol–water partition coefficient (Wildman–Crippen LogP) is 3.42. The van der Waals surface area contributed by atoms with E-state index in [2.05, 4.69) is 19.7 Å². The SMILES string of the molecule is O=S(=O)(Nc1cc(-n2ccnc2)ncn1)c1cc(Cl)c(Cl)cc1Cl. The van der Waals surface area contributed by atoms with Gasteiger partial charge in [-0.05, 0) is 12.1 Å². The van der Waals surface area contributed by atoms with Crippen molar-refractivity contribution in [3.05, 3.63) is 58.3 Å². The van der Waals surface area contributed by atoms with Crippen LogP contribution in [0.5, 0.6) is 0 Å². The number of nitrogens with one attached hydrogen (secondary N) is 1. The highest BCUT2D eigenvalue weighted by Gasteiger charge is 2.21. The van der Waals surface area contributed by atoms with Crippen molar-refractivity contribution < 1.29 is 8.42 Å². The van der Waals surface area contributed by atoms with Crippen LogP contribution in [0.1, 0.15) is 0 Å². The molecule has 1 aromatic carbocycles. The molecule has 0 unspecified atom stereocenters. The molecule has 0 aliphatic heterocycles. The maximum absolute atomic E-state index is 12.5. The van der Waals surface area contributed by atoms with Gasteiger partial charge in [0.25, 0.3) is 10.0 Å². The number of anilines is 1. The first-order valence-electron chi connectivity index (χ1n) is 6.34. The lowest BCUT2D eigenvalue weighted by molar-refractivity contribution is 0.601. The summed E-state index contributed by atoms with van der Waals surface area (Å²) in [6.07, 6.45) is 5.98. The van der Waals surface area contributed by atoms with E-state index in [1.165, 1.54) is 30.9 Å². The summed E-state index contributed by atoms with van der Waals surface area (Å²) < 4.78 is 28.9. The number of halogens is 3. The maximum atomic E-state index is 12.5. The average molecular weight is 405 g/mol. The van der Waals surface area contributed by atoms with Crippen molar-refractivity contribution in [3.8, 4) is 5.82 Å². The number of imidazole rings is 1. The summed E-state index contributed by atoms with van der Waals surface area (Å²) in [7, 11) is -4.01. The smallest absolute Gasteiger partial charge is 0.264 e. The normalized spacial score (nSPS) is 11.5. The van der Waals surface area contributed by atoms with Crippen LogP contribution in [0.25, 0.3) is 5.82 Å². The van der Waals surface area contributed by atoms with Crippen LogP contribution in [0.2, 0.25) is 15.1 Å². The number of hydrogen-bond acceptors (Lipinski definition) is 5. The molecule has 0 aliphatic carbocycles. The first-order valence-corrected chi connectivity index (χ1v) is 8.96. The number of nitrogens with zero attached hydrogens (tertiary/aromatic N) is 4. The second-order valence-corrected chi connectivity index (χ2v) is 7.41. The van der Waals surface area contributed by atoms with E-state index >= 15 is 0 Å². The van der Waals surface area contributed by atoms with Gasteiger partial charge < -0.3 is 0 Å². The maximum Gasteiger partial charge on any atom is 0.264 e. The highest BCUT2D eigenvalue weighted by molar-refractivity contribution is 7.92. The molecule has 0 aliphatic rings. The van der Waals surface area contributed by atoms with Crippen LogP contribution in [0, 0.1) is 0 Å². The fraction of sp³-hybridized carbons (Fsp3) is 0. The van der Waals surface area contributed by atoms with Gasteiger partial charge in [0.05, 0.1) is 15.1 Å². The Hall–Kier alpha value is -1.87. The largest absolute Gasteiger partial charge is 0.290 e. The van der Waals surface area contributed by atoms with Crippen LogP contribution in [0.15, 0.2) is 48.1 Å². The van der Waals surface area contributed by atoms with Crippen molar-refractivity contribution in [1.29, 1.82) is 0 Å². The fourth-order valence-corrected chi connectivity index (χ4v) is 3.84. The zero-order chi connectivity index (χ0) is 17.3. The zero-order valence-electron chi connectivity index (χ0n) is 11.7.